The Labute approximate surface area is 132 Å². The summed E-state index contributed by atoms with van der Waals surface area (Å²) in [6.07, 6.45) is 1.02. The summed E-state index contributed by atoms with van der Waals surface area (Å²) < 4.78 is 1.21. The quantitative estimate of drug-likeness (QED) is 0.212. The van der Waals surface area contributed by atoms with E-state index >= 15 is 0 Å². The van der Waals surface area contributed by atoms with E-state index < -0.39 is 11.1 Å². The Balaban J connectivity index is 2.28. The molecule has 1 atom stereocenters. The summed E-state index contributed by atoms with van der Waals surface area (Å²) in [5.41, 5.74) is 0.613. The molecule has 1 aromatic rings. The smallest absolute Gasteiger partial charge is 0.269 e. The Morgan fingerprint density at radius 2 is 1.90 bits per heavy atom. The molecule has 1 unspecified atom stereocenters. The van der Waals surface area contributed by atoms with Crippen molar-refractivity contribution in [2.45, 2.75) is 24.8 Å². The first-order chi connectivity index (χ1) is 9.72. The summed E-state index contributed by atoms with van der Waals surface area (Å²) in [5, 5.41) is 23.0. The van der Waals surface area contributed by atoms with Gasteiger partial charge in [-0.05, 0) is 26.0 Å². The molecule has 0 N–H and O–H groups in total. The molecule has 1 aliphatic heterocycles. The monoisotopic (exact) mass is 325 g/mol. The first-order valence-electron chi connectivity index (χ1n) is 6.23. The van der Waals surface area contributed by atoms with Gasteiger partial charge in [-0.1, -0.05) is 24.0 Å². The maximum absolute atomic E-state index is 12.4. The normalized spacial score (nSPS) is 21.7. The molecule has 2 rings (SSSR count). The minimum Gasteiger partial charge on any atom is -0.622 e. The number of thiocarbonyl (C=S) groups is 1. The van der Waals surface area contributed by atoms with Crippen LogP contribution >= 0.6 is 24.0 Å². The Kier molecular flexibility index (Phi) is 4.20. The van der Waals surface area contributed by atoms with Gasteiger partial charge in [0.15, 0.2) is 6.21 Å². The molecule has 112 valence electrons. The van der Waals surface area contributed by atoms with Gasteiger partial charge in [-0.3, -0.25) is 10.1 Å². The van der Waals surface area contributed by atoms with E-state index in [0.29, 0.717) is 9.88 Å². The number of non-ortho nitro benzene ring substituents is 1. The summed E-state index contributed by atoms with van der Waals surface area (Å²) in [4.78, 5) is 11.9. The fourth-order valence-electron chi connectivity index (χ4n) is 2.29. The van der Waals surface area contributed by atoms with Gasteiger partial charge in [-0.15, -0.1) is 0 Å². The number of benzene rings is 1. The fourth-order valence-corrected chi connectivity index (χ4v) is 4.10. The third-order valence-electron chi connectivity index (χ3n) is 3.25. The molecule has 0 amide bonds. The SMILES string of the molecule is CN1C(=S)SC(C)(C)C1/[N+]([O-])=C/c1ccc([N+](=O)[O-])cc1. The number of nitrogens with zero attached hydrogens (tertiary/aromatic N) is 3. The molecule has 0 radical (unpaired) electrons. The van der Waals surface area contributed by atoms with Crippen LogP contribution in [0, 0.1) is 15.3 Å². The van der Waals surface area contributed by atoms with E-state index in [4.69, 9.17) is 12.2 Å². The van der Waals surface area contributed by atoms with Gasteiger partial charge in [0.25, 0.3) is 11.9 Å². The zero-order valence-corrected chi connectivity index (χ0v) is 13.5. The molecule has 0 bridgehead atoms. The van der Waals surface area contributed by atoms with Crippen LogP contribution in [-0.4, -0.2) is 43.1 Å². The Morgan fingerprint density at radius 1 is 1.33 bits per heavy atom. The van der Waals surface area contributed by atoms with E-state index in [1.165, 1.54) is 30.1 Å². The van der Waals surface area contributed by atoms with Crippen molar-refractivity contribution in [3.05, 3.63) is 45.2 Å². The summed E-state index contributed by atoms with van der Waals surface area (Å²) in [5.74, 6) is 0. The van der Waals surface area contributed by atoms with Crippen LogP contribution < -0.4 is 0 Å². The molecule has 1 fully saturated rings. The summed E-state index contributed by atoms with van der Waals surface area (Å²) in [6.45, 7) is 3.93. The Bertz CT molecular complexity index is 614. The fraction of sp³-hybridized carbons (Fsp3) is 0.385. The van der Waals surface area contributed by atoms with Crippen LogP contribution in [0.15, 0.2) is 24.3 Å². The lowest BCUT2D eigenvalue weighted by Gasteiger charge is -2.27. The molecule has 8 heteroatoms. The number of rotatable bonds is 3. The van der Waals surface area contributed by atoms with Crippen molar-refractivity contribution in [3.8, 4) is 0 Å². The molecular formula is C13H15N3O3S2. The van der Waals surface area contributed by atoms with Gasteiger partial charge in [0, 0.05) is 24.7 Å². The average Bonchev–Trinajstić information content (AvgIpc) is 2.58. The minimum absolute atomic E-state index is 0.000327. The first-order valence-corrected chi connectivity index (χ1v) is 7.45. The summed E-state index contributed by atoms with van der Waals surface area (Å²) in [6, 6.07) is 5.86. The molecule has 21 heavy (non-hydrogen) atoms. The highest BCUT2D eigenvalue weighted by atomic mass is 32.2. The van der Waals surface area contributed by atoms with Crippen LogP contribution in [0.3, 0.4) is 0 Å². The highest BCUT2D eigenvalue weighted by Gasteiger charge is 2.48. The van der Waals surface area contributed by atoms with Gasteiger partial charge >= 0.3 is 0 Å². The van der Waals surface area contributed by atoms with E-state index in [1.807, 2.05) is 13.8 Å². The van der Waals surface area contributed by atoms with Crippen LogP contribution in [-0.2, 0) is 0 Å². The van der Waals surface area contributed by atoms with Gasteiger partial charge < -0.3 is 10.1 Å². The maximum atomic E-state index is 12.4. The molecule has 0 saturated carbocycles. The van der Waals surface area contributed by atoms with Gasteiger partial charge in [-0.25, -0.2) is 0 Å². The third kappa shape index (κ3) is 3.16. The van der Waals surface area contributed by atoms with Crippen molar-refractivity contribution < 1.29 is 9.66 Å². The standard InChI is InChI=1S/C13H15N3O3S2/c1-13(2)11(14(3)12(20)21-13)15(17)8-9-4-6-10(7-5-9)16(18)19/h4-8,11H,1-3H3/b15-8-. The van der Waals surface area contributed by atoms with Crippen molar-refractivity contribution in [2.24, 2.45) is 0 Å². The van der Waals surface area contributed by atoms with Gasteiger partial charge in [-0.2, -0.15) is 4.74 Å². The average molecular weight is 325 g/mol. The Morgan fingerprint density at radius 3 is 2.33 bits per heavy atom. The van der Waals surface area contributed by atoms with Crippen molar-refractivity contribution in [3.63, 3.8) is 0 Å². The molecule has 0 spiro atoms. The first kappa shape index (κ1) is 15.7. The van der Waals surface area contributed by atoms with Crippen LogP contribution in [0.2, 0.25) is 0 Å². The topological polar surface area (TPSA) is 72.5 Å². The third-order valence-corrected chi connectivity index (χ3v) is 4.99. The van der Waals surface area contributed by atoms with Gasteiger partial charge in [0.1, 0.15) is 9.07 Å². The molecule has 0 aromatic heterocycles. The van der Waals surface area contributed by atoms with Crippen molar-refractivity contribution in [1.82, 2.24) is 4.90 Å². The number of hydrogen-bond acceptors (Lipinski definition) is 5. The second-order valence-corrected chi connectivity index (χ2v) is 7.58. The second-order valence-electron chi connectivity index (χ2n) is 5.29. The van der Waals surface area contributed by atoms with Crippen LogP contribution in [0.25, 0.3) is 0 Å². The van der Waals surface area contributed by atoms with E-state index in [-0.39, 0.29) is 10.4 Å². The maximum Gasteiger partial charge on any atom is 0.269 e. The van der Waals surface area contributed by atoms with E-state index in [0.717, 1.165) is 4.74 Å². The molecular weight excluding hydrogens is 310 g/mol. The molecule has 1 heterocycles. The number of nitro benzene ring substituents is 1. The van der Waals surface area contributed by atoms with E-state index in [1.54, 1.807) is 24.1 Å². The van der Waals surface area contributed by atoms with Crippen LogP contribution in [0.1, 0.15) is 19.4 Å². The van der Waals surface area contributed by atoms with Crippen molar-refractivity contribution in [2.75, 3.05) is 7.05 Å². The van der Waals surface area contributed by atoms with E-state index in [2.05, 4.69) is 0 Å². The van der Waals surface area contributed by atoms with Gasteiger partial charge in [0.05, 0.1) is 4.92 Å². The van der Waals surface area contributed by atoms with Crippen molar-refractivity contribution in [1.29, 1.82) is 0 Å². The zero-order chi connectivity index (χ0) is 15.8. The summed E-state index contributed by atoms with van der Waals surface area (Å²) in [7, 11) is 1.79. The van der Waals surface area contributed by atoms with E-state index in [9.17, 15) is 15.3 Å². The predicted molar refractivity (Wildman–Crippen MR) is 87.7 cm³/mol. The Hall–Kier alpha value is -1.67. The van der Waals surface area contributed by atoms with Crippen LogP contribution in [0.4, 0.5) is 5.69 Å². The highest BCUT2D eigenvalue weighted by Crippen LogP contribution is 2.40. The van der Waals surface area contributed by atoms with Crippen LogP contribution in [0.5, 0.6) is 0 Å². The molecule has 1 aliphatic rings. The van der Waals surface area contributed by atoms with Gasteiger partial charge in [0.2, 0.25) is 0 Å². The number of hydrogen-bond donors (Lipinski definition) is 0. The lowest BCUT2D eigenvalue weighted by molar-refractivity contribution is -0.522. The summed E-state index contributed by atoms with van der Waals surface area (Å²) >= 11 is 6.72. The molecule has 1 aromatic carbocycles. The van der Waals surface area contributed by atoms with Crippen molar-refractivity contribution >= 4 is 40.2 Å². The largest absolute Gasteiger partial charge is 0.622 e. The molecule has 6 nitrogen and oxygen atoms in total. The number of thioether (sulfide) groups is 1. The lowest BCUT2D eigenvalue weighted by Crippen LogP contribution is -2.46. The minimum atomic E-state index is -0.471. The predicted octanol–water partition coefficient (Wildman–Crippen LogP) is 2.59. The molecule has 0 aliphatic carbocycles. The zero-order valence-electron chi connectivity index (χ0n) is 11.8. The number of hydroxylamine groups is 1. The molecule has 1 saturated heterocycles. The highest BCUT2D eigenvalue weighted by molar-refractivity contribution is 8.24. The number of nitro groups is 1. The lowest BCUT2D eigenvalue weighted by atomic mass is 10.1. The second kappa shape index (κ2) is 5.61.